The molecule has 1 atom stereocenters. The molecule has 0 aromatic rings. The van der Waals surface area contributed by atoms with Gasteiger partial charge in [0.2, 0.25) is 5.91 Å². The number of aliphatic hydroxyl groups excluding tert-OH is 1. The molecule has 0 rings (SSSR count). The molecule has 4 nitrogen and oxygen atoms in total. The van der Waals surface area contributed by atoms with Crippen molar-refractivity contribution in [3.8, 4) is 0 Å². The number of carbonyl (C=O) groups excluding carboxylic acids is 1. The summed E-state index contributed by atoms with van der Waals surface area (Å²) in [6, 6.07) is 0.0596. The first-order chi connectivity index (χ1) is 6.61. The van der Waals surface area contributed by atoms with Crippen molar-refractivity contribution in [3.05, 3.63) is 0 Å². The van der Waals surface area contributed by atoms with Gasteiger partial charge in [-0.2, -0.15) is 0 Å². The van der Waals surface area contributed by atoms with E-state index < -0.39 is 0 Å². The minimum atomic E-state index is -0.0148. The molecule has 84 valence electrons. The van der Waals surface area contributed by atoms with E-state index in [2.05, 4.69) is 5.32 Å². The Hall–Kier alpha value is -0.610. The Kier molecular flexibility index (Phi) is 7.42. The van der Waals surface area contributed by atoms with E-state index in [1.165, 1.54) is 0 Å². The normalized spacial score (nSPS) is 12.9. The van der Waals surface area contributed by atoms with Crippen molar-refractivity contribution in [2.45, 2.75) is 32.7 Å². The highest BCUT2D eigenvalue weighted by molar-refractivity contribution is 5.76. The molecule has 0 aromatic heterocycles. The van der Waals surface area contributed by atoms with Gasteiger partial charge in [-0.1, -0.05) is 13.8 Å². The average molecular weight is 203 g/mol. The van der Waals surface area contributed by atoms with Crippen LogP contribution >= 0.6 is 0 Å². The number of hydrogen-bond acceptors (Lipinski definition) is 3. The minimum Gasteiger partial charge on any atom is -0.396 e. The van der Waals surface area contributed by atoms with Crippen LogP contribution < -0.4 is 5.32 Å². The van der Waals surface area contributed by atoms with Gasteiger partial charge < -0.3 is 15.2 Å². The lowest BCUT2D eigenvalue weighted by Crippen LogP contribution is -2.39. The molecule has 0 spiro atoms. The van der Waals surface area contributed by atoms with E-state index in [1.807, 2.05) is 13.8 Å². The van der Waals surface area contributed by atoms with Gasteiger partial charge in [-0.15, -0.1) is 0 Å². The Morgan fingerprint density at radius 1 is 1.50 bits per heavy atom. The molecule has 2 N–H and O–H groups in total. The smallest absolute Gasteiger partial charge is 0.222 e. The van der Waals surface area contributed by atoms with Crippen molar-refractivity contribution in [1.29, 1.82) is 0 Å². The van der Waals surface area contributed by atoms with E-state index in [4.69, 9.17) is 9.84 Å². The third kappa shape index (κ3) is 5.94. The number of aliphatic hydroxyl groups is 1. The fourth-order valence-electron chi connectivity index (χ4n) is 1.18. The van der Waals surface area contributed by atoms with Crippen LogP contribution in [-0.2, 0) is 9.53 Å². The van der Waals surface area contributed by atoms with Gasteiger partial charge in [0.25, 0.3) is 0 Å². The summed E-state index contributed by atoms with van der Waals surface area (Å²) in [5.74, 6) is 0.327. The van der Waals surface area contributed by atoms with Crippen LogP contribution in [0.3, 0.4) is 0 Å². The van der Waals surface area contributed by atoms with E-state index in [1.54, 1.807) is 7.11 Å². The Balaban J connectivity index is 3.83. The lowest BCUT2D eigenvalue weighted by atomic mass is 10.0. The Morgan fingerprint density at radius 2 is 2.14 bits per heavy atom. The summed E-state index contributed by atoms with van der Waals surface area (Å²) in [6.07, 6.45) is 0.988. The van der Waals surface area contributed by atoms with Crippen molar-refractivity contribution in [2.75, 3.05) is 20.3 Å². The van der Waals surface area contributed by atoms with Crippen LogP contribution in [0.25, 0.3) is 0 Å². The topological polar surface area (TPSA) is 58.6 Å². The summed E-state index contributed by atoms with van der Waals surface area (Å²) in [7, 11) is 1.57. The first kappa shape index (κ1) is 13.4. The van der Waals surface area contributed by atoms with Gasteiger partial charge in [-0.3, -0.25) is 4.79 Å². The highest BCUT2D eigenvalue weighted by atomic mass is 16.5. The maximum absolute atomic E-state index is 11.3. The molecule has 0 saturated heterocycles. The number of rotatable bonds is 7. The zero-order valence-corrected chi connectivity index (χ0v) is 9.25. The van der Waals surface area contributed by atoms with E-state index in [0.29, 0.717) is 25.4 Å². The Bertz CT molecular complexity index is 159. The van der Waals surface area contributed by atoms with Crippen LogP contribution in [0, 0.1) is 5.92 Å². The molecule has 0 radical (unpaired) electrons. The molecule has 14 heavy (non-hydrogen) atoms. The number of nitrogens with one attached hydrogen (secondary N) is 1. The van der Waals surface area contributed by atoms with E-state index in [-0.39, 0.29) is 18.6 Å². The van der Waals surface area contributed by atoms with Gasteiger partial charge in [0, 0.05) is 26.2 Å². The minimum absolute atomic E-state index is 0.0148. The molecule has 0 aliphatic rings. The monoisotopic (exact) mass is 203 g/mol. The van der Waals surface area contributed by atoms with Gasteiger partial charge >= 0.3 is 0 Å². The third-order valence-corrected chi connectivity index (χ3v) is 2.12. The van der Waals surface area contributed by atoms with E-state index >= 15 is 0 Å². The molecular weight excluding hydrogens is 182 g/mol. The summed E-state index contributed by atoms with van der Waals surface area (Å²) in [5, 5.41) is 11.7. The Labute approximate surface area is 85.6 Å². The lowest BCUT2D eigenvalue weighted by Gasteiger charge is -2.21. The predicted octanol–water partition coefficient (Wildman–Crippen LogP) is 0.546. The van der Waals surface area contributed by atoms with Crippen LogP contribution in [0.1, 0.15) is 26.7 Å². The maximum atomic E-state index is 11.3. The molecule has 1 unspecified atom stereocenters. The lowest BCUT2D eigenvalue weighted by molar-refractivity contribution is -0.123. The first-order valence-corrected chi connectivity index (χ1v) is 5.01. The number of ether oxygens (including phenoxy) is 1. The zero-order valence-electron chi connectivity index (χ0n) is 9.25. The van der Waals surface area contributed by atoms with Gasteiger partial charge in [0.1, 0.15) is 0 Å². The average Bonchev–Trinajstić information content (AvgIpc) is 2.14. The standard InChI is InChI=1S/C10H21NO3/c1-8(2)9(4-6-12)11-10(13)5-7-14-3/h8-9,12H,4-7H2,1-3H3,(H,11,13). The van der Waals surface area contributed by atoms with Gasteiger partial charge in [0.15, 0.2) is 0 Å². The molecule has 0 aliphatic carbocycles. The highest BCUT2D eigenvalue weighted by Gasteiger charge is 2.14. The second-order valence-electron chi connectivity index (χ2n) is 3.67. The summed E-state index contributed by atoms with van der Waals surface area (Å²) in [4.78, 5) is 11.3. The molecule has 0 aromatic carbocycles. The summed E-state index contributed by atoms with van der Waals surface area (Å²) in [6.45, 7) is 4.59. The highest BCUT2D eigenvalue weighted by Crippen LogP contribution is 2.05. The molecule has 1 amide bonds. The number of methoxy groups -OCH3 is 1. The largest absolute Gasteiger partial charge is 0.396 e. The number of hydrogen-bond donors (Lipinski definition) is 2. The van der Waals surface area contributed by atoms with E-state index in [0.717, 1.165) is 0 Å². The maximum Gasteiger partial charge on any atom is 0.222 e. The summed E-state index contributed by atoms with van der Waals surface area (Å²) >= 11 is 0. The van der Waals surface area contributed by atoms with Crippen molar-refractivity contribution < 1.29 is 14.6 Å². The van der Waals surface area contributed by atoms with Crippen LogP contribution in [0.2, 0.25) is 0 Å². The third-order valence-electron chi connectivity index (χ3n) is 2.12. The van der Waals surface area contributed by atoms with Gasteiger partial charge in [-0.05, 0) is 12.3 Å². The summed E-state index contributed by atoms with van der Waals surface area (Å²) in [5.41, 5.74) is 0. The van der Waals surface area contributed by atoms with Crippen molar-refractivity contribution >= 4 is 5.91 Å². The zero-order chi connectivity index (χ0) is 11.0. The van der Waals surface area contributed by atoms with Gasteiger partial charge in [-0.25, -0.2) is 0 Å². The van der Waals surface area contributed by atoms with Gasteiger partial charge in [0.05, 0.1) is 6.61 Å². The predicted molar refractivity (Wildman–Crippen MR) is 55.0 cm³/mol. The molecule has 4 heteroatoms. The van der Waals surface area contributed by atoms with Crippen molar-refractivity contribution in [3.63, 3.8) is 0 Å². The molecule has 0 heterocycles. The fraction of sp³-hybridized carbons (Fsp3) is 0.900. The quantitative estimate of drug-likeness (QED) is 0.635. The van der Waals surface area contributed by atoms with Crippen molar-refractivity contribution in [2.24, 2.45) is 5.92 Å². The first-order valence-electron chi connectivity index (χ1n) is 5.01. The van der Waals surface area contributed by atoms with E-state index in [9.17, 15) is 4.79 Å². The second kappa shape index (κ2) is 7.76. The van der Waals surface area contributed by atoms with Crippen LogP contribution in [0.15, 0.2) is 0 Å². The van der Waals surface area contributed by atoms with Crippen LogP contribution in [-0.4, -0.2) is 37.4 Å². The van der Waals surface area contributed by atoms with Crippen LogP contribution in [0.5, 0.6) is 0 Å². The molecule has 0 bridgehead atoms. The molecule has 0 fully saturated rings. The van der Waals surface area contributed by atoms with Crippen LogP contribution in [0.4, 0.5) is 0 Å². The molecular formula is C10H21NO3. The van der Waals surface area contributed by atoms with Crippen molar-refractivity contribution in [1.82, 2.24) is 5.32 Å². The number of amides is 1. The molecule has 0 aliphatic heterocycles. The fourth-order valence-corrected chi connectivity index (χ4v) is 1.18. The SMILES string of the molecule is COCCC(=O)NC(CCO)C(C)C. The number of carbonyl (C=O) groups is 1. The summed E-state index contributed by atoms with van der Waals surface area (Å²) < 4.78 is 4.80. The molecule has 0 saturated carbocycles. The second-order valence-corrected chi connectivity index (χ2v) is 3.67. The Morgan fingerprint density at radius 3 is 2.57 bits per heavy atom.